The summed E-state index contributed by atoms with van der Waals surface area (Å²) in [6.45, 7) is 1.59. The van der Waals surface area contributed by atoms with Crippen LogP contribution in [0.3, 0.4) is 0 Å². The molecule has 6 heteroatoms. The minimum atomic E-state index is -0.348. The van der Waals surface area contributed by atoms with E-state index in [-0.39, 0.29) is 24.2 Å². The fraction of sp³-hybridized carbons (Fsp3) is 0.138. The van der Waals surface area contributed by atoms with Crippen LogP contribution in [-0.4, -0.2) is 22.7 Å². The molecule has 1 atom stereocenters. The number of hydrogen-bond acceptors (Lipinski definition) is 5. The predicted octanol–water partition coefficient (Wildman–Crippen LogP) is 6.63. The van der Waals surface area contributed by atoms with Crippen LogP contribution in [-0.2, 0) is 16.0 Å². The summed E-state index contributed by atoms with van der Waals surface area (Å²) < 4.78 is 6.48. The number of ether oxygens (including phenoxy) is 1. The zero-order valence-electron chi connectivity index (χ0n) is 19.0. The number of aromatic hydroxyl groups is 1. The number of fused-ring (bicyclic) bond motifs is 3. The highest BCUT2D eigenvalue weighted by atomic mass is 79.9. The van der Waals surface area contributed by atoms with Gasteiger partial charge in [-0.25, -0.2) is 0 Å². The second-order valence-electron chi connectivity index (χ2n) is 8.50. The summed E-state index contributed by atoms with van der Waals surface area (Å²) in [7, 11) is 0. The van der Waals surface area contributed by atoms with Crippen LogP contribution in [0, 0.1) is 11.3 Å². The number of phenols is 1. The first-order valence-electron chi connectivity index (χ1n) is 11.2. The number of hydrogen-bond donors (Lipinski definition) is 1. The van der Waals surface area contributed by atoms with Gasteiger partial charge in [-0.3, -0.25) is 9.78 Å². The van der Waals surface area contributed by atoms with Gasteiger partial charge in [-0.1, -0.05) is 52.3 Å². The van der Waals surface area contributed by atoms with E-state index < -0.39 is 0 Å². The summed E-state index contributed by atoms with van der Waals surface area (Å²) in [5, 5.41) is 20.5. The monoisotopic (exact) mass is 524 g/mol. The summed E-state index contributed by atoms with van der Waals surface area (Å²) in [5.74, 6) is -0.350. The van der Waals surface area contributed by atoms with Crippen molar-refractivity contribution in [2.24, 2.45) is 0 Å². The molecule has 5 nitrogen and oxygen atoms in total. The average molecular weight is 525 g/mol. The number of benzene rings is 3. The van der Waals surface area contributed by atoms with Crippen LogP contribution in [0.2, 0.25) is 0 Å². The molecule has 0 aliphatic heterocycles. The molecule has 4 aromatic rings. The lowest BCUT2D eigenvalue weighted by molar-refractivity contribution is -0.141. The third-order valence-electron chi connectivity index (χ3n) is 6.34. The van der Waals surface area contributed by atoms with Crippen molar-refractivity contribution in [3.8, 4) is 45.3 Å². The van der Waals surface area contributed by atoms with Crippen molar-refractivity contribution in [3.63, 3.8) is 0 Å². The van der Waals surface area contributed by atoms with Crippen LogP contribution < -0.4 is 0 Å². The summed E-state index contributed by atoms with van der Waals surface area (Å²) >= 11 is 3.50. The van der Waals surface area contributed by atoms with Gasteiger partial charge in [0.05, 0.1) is 23.9 Å². The number of nitriles is 1. The van der Waals surface area contributed by atoms with Gasteiger partial charge in [-0.2, -0.15) is 5.26 Å². The summed E-state index contributed by atoms with van der Waals surface area (Å²) in [5.41, 5.74) is 7.73. The Labute approximate surface area is 211 Å². The summed E-state index contributed by atoms with van der Waals surface area (Å²) in [6.07, 6.45) is 2.22. The summed E-state index contributed by atoms with van der Waals surface area (Å²) in [6, 6.07) is 23.2. The van der Waals surface area contributed by atoms with Crippen molar-refractivity contribution >= 4 is 21.9 Å². The standard InChI is InChI=1S/C29H21BrN2O3/c1-17(33)35-16-20-14-25-23(26-13-18(15-31)11-12-32-26)3-2-4-24(25)29-27(34)10-9-22(28(20)29)19-5-7-21(30)8-6-19/h2-13,20,34H,14,16H2,1H3. The SMILES string of the molecule is CC(=O)OCC1Cc2c(-c3cc(C#N)ccn3)cccc2-c2c(O)ccc(-c3ccc(Br)cc3)c21. The normalized spacial score (nSPS) is 13.9. The molecule has 0 saturated carbocycles. The number of carbonyl (C=O) groups excluding carboxylic acids is 1. The van der Waals surface area contributed by atoms with Gasteiger partial charge < -0.3 is 9.84 Å². The van der Waals surface area contributed by atoms with Gasteiger partial charge in [0.1, 0.15) is 5.75 Å². The Morgan fingerprint density at radius 2 is 1.89 bits per heavy atom. The molecule has 1 aliphatic carbocycles. The molecule has 0 radical (unpaired) electrons. The maximum absolute atomic E-state index is 11.7. The third-order valence-corrected chi connectivity index (χ3v) is 6.86. The van der Waals surface area contributed by atoms with Crippen LogP contribution in [0.4, 0.5) is 0 Å². The highest BCUT2D eigenvalue weighted by molar-refractivity contribution is 9.10. The molecule has 1 aliphatic rings. The molecule has 0 spiro atoms. The minimum absolute atomic E-state index is 0.172. The molecule has 0 fully saturated rings. The molecular formula is C29H21BrN2O3. The molecule has 3 aromatic carbocycles. The van der Waals surface area contributed by atoms with Crippen molar-refractivity contribution in [3.05, 3.63) is 94.1 Å². The topological polar surface area (TPSA) is 83.2 Å². The largest absolute Gasteiger partial charge is 0.507 e. The lowest BCUT2D eigenvalue weighted by atomic mass is 9.74. The molecule has 0 saturated heterocycles. The second kappa shape index (κ2) is 9.36. The zero-order valence-corrected chi connectivity index (χ0v) is 20.5. The van der Waals surface area contributed by atoms with Gasteiger partial charge in [0.2, 0.25) is 0 Å². The van der Waals surface area contributed by atoms with Crippen molar-refractivity contribution < 1.29 is 14.6 Å². The second-order valence-corrected chi connectivity index (χ2v) is 9.42. The van der Waals surface area contributed by atoms with Gasteiger partial charge in [0.15, 0.2) is 0 Å². The number of rotatable bonds is 4. The zero-order chi connectivity index (χ0) is 24.5. The van der Waals surface area contributed by atoms with E-state index in [0.29, 0.717) is 17.7 Å². The first kappa shape index (κ1) is 22.8. The molecule has 1 unspecified atom stereocenters. The van der Waals surface area contributed by atoms with E-state index in [1.807, 2.05) is 48.5 Å². The van der Waals surface area contributed by atoms with E-state index >= 15 is 0 Å². The Bertz CT molecular complexity index is 1490. The van der Waals surface area contributed by atoms with Crippen LogP contribution >= 0.6 is 15.9 Å². The molecule has 172 valence electrons. The number of esters is 1. The molecule has 1 N–H and O–H groups in total. The fourth-order valence-corrected chi connectivity index (χ4v) is 5.10. The van der Waals surface area contributed by atoms with Gasteiger partial charge in [0.25, 0.3) is 0 Å². The minimum Gasteiger partial charge on any atom is -0.507 e. The van der Waals surface area contributed by atoms with Crippen LogP contribution in [0.15, 0.2) is 77.4 Å². The van der Waals surface area contributed by atoms with E-state index in [1.165, 1.54) is 6.92 Å². The smallest absolute Gasteiger partial charge is 0.302 e. The van der Waals surface area contributed by atoms with E-state index in [1.54, 1.807) is 24.4 Å². The van der Waals surface area contributed by atoms with Gasteiger partial charge >= 0.3 is 5.97 Å². The Kier molecular flexibility index (Phi) is 6.10. The molecular weight excluding hydrogens is 504 g/mol. The maximum atomic E-state index is 11.7. The van der Waals surface area contributed by atoms with Crippen molar-refractivity contribution in [2.45, 2.75) is 19.3 Å². The quantitative estimate of drug-likeness (QED) is 0.303. The summed E-state index contributed by atoms with van der Waals surface area (Å²) in [4.78, 5) is 16.3. The molecule has 0 bridgehead atoms. The van der Waals surface area contributed by atoms with E-state index in [0.717, 1.165) is 43.4 Å². The highest BCUT2D eigenvalue weighted by Gasteiger charge is 2.32. The van der Waals surface area contributed by atoms with Gasteiger partial charge in [0, 0.05) is 34.6 Å². The lowest BCUT2D eigenvalue weighted by Gasteiger charge is -2.31. The average Bonchev–Trinajstić information content (AvgIpc) is 2.87. The van der Waals surface area contributed by atoms with Gasteiger partial charge in [-0.15, -0.1) is 0 Å². The van der Waals surface area contributed by atoms with Crippen LogP contribution in [0.5, 0.6) is 5.75 Å². The van der Waals surface area contributed by atoms with E-state index in [2.05, 4.69) is 27.0 Å². The molecule has 35 heavy (non-hydrogen) atoms. The fourth-order valence-electron chi connectivity index (χ4n) is 4.83. The first-order chi connectivity index (χ1) is 17.0. The van der Waals surface area contributed by atoms with Crippen LogP contribution in [0.25, 0.3) is 33.5 Å². The van der Waals surface area contributed by atoms with E-state index in [9.17, 15) is 15.2 Å². The van der Waals surface area contributed by atoms with Gasteiger partial charge in [-0.05, 0) is 64.6 Å². The molecule has 1 aromatic heterocycles. The molecule has 5 rings (SSSR count). The Hall–Kier alpha value is -3.95. The Morgan fingerprint density at radius 3 is 2.63 bits per heavy atom. The molecule has 0 amide bonds. The third kappa shape index (κ3) is 4.31. The van der Waals surface area contributed by atoms with Crippen molar-refractivity contribution in [1.82, 2.24) is 4.98 Å². The Balaban J connectivity index is 1.76. The number of halogens is 1. The number of carbonyl (C=O) groups is 1. The predicted molar refractivity (Wildman–Crippen MR) is 138 cm³/mol. The number of nitrogens with zero attached hydrogens (tertiary/aromatic N) is 2. The number of pyridine rings is 1. The molecule has 1 heterocycles. The maximum Gasteiger partial charge on any atom is 0.302 e. The lowest BCUT2D eigenvalue weighted by Crippen LogP contribution is -2.20. The Morgan fingerprint density at radius 1 is 1.11 bits per heavy atom. The van der Waals surface area contributed by atoms with E-state index in [4.69, 9.17) is 4.74 Å². The van der Waals surface area contributed by atoms with Crippen LogP contribution in [0.1, 0.15) is 29.5 Å². The van der Waals surface area contributed by atoms with Crippen molar-refractivity contribution in [1.29, 1.82) is 5.26 Å². The van der Waals surface area contributed by atoms with Crippen molar-refractivity contribution in [2.75, 3.05) is 6.61 Å². The number of aromatic nitrogens is 1. The first-order valence-corrected chi connectivity index (χ1v) is 12.0. The highest BCUT2D eigenvalue weighted by Crippen LogP contribution is 2.50. The number of phenolic OH excluding ortho intramolecular Hbond substituents is 1.